The van der Waals surface area contributed by atoms with Gasteiger partial charge < -0.3 is 24.3 Å². The number of carbonyl (C=O) groups is 1. The fourth-order valence-electron chi connectivity index (χ4n) is 5.19. The fraction of sp³-hybridized carbons (Fsp3) is 0.462. The first-order valence-corrected chi connectivity index (χ1v) is 12.6. The highest BCUT2D eigenvalue weighted by Gasteiger charge is 2.37. The van der Waals surface area contributed by atoms with Crippen molar-refractivity contribution in [3.05, 3.63) is 47.7 Å². The van der Waals surface area contributed by atoms with Crippen LogP contribution in [-0.4, -0.2) is 65.9 Å². The summed E-state index contributed by atoms with van der Waals surface area (Å²) in [7, 11) is 0. The second-order valence-corrected chi connectivity index (χ2v) is 10.1. The average Bonchev–Trinajstić information content (AvgIpc) is 3.52. The summed E-state index contributed by atoms with van der Waals surface area (Å²) in [6.45, 7) is 3.26. The number of carbonyl (C=O) groups excluding carboxylic acids is 1. The summed E-state index contributed by atoms with van der Waals surface area (Å²) >= 11 is 0. The lowest BCUT2D eigenvalue weighted by Gasteiger charge is -2.29. The van der Waals surface area contributed by atoms with Crippen LogP contribution < -0.4 is 10.2 Å². The van der Waals surface area contributed by atoms with Crippen molar-refractivity contribution in [1.29, 1.82) is 0 Å². The molecule has 40 heavy (non-hydrogen) atoms. The Bertz CT molecular complexity index is 1410. The van der Waals surface area contributed by atoms with Crippen molar-refractivity contribution in [2.45, 2.75) is 32.1 Å². The Morgan fingerprint density at radius 1 is 1.07 bits per heavy atom. The minimum Gasteiger partial charge on any atom is -0.378 e. The molecule has 2 aliphatic rings. The zero-order valence-corrected chi connectivity index (χ0v) is 21.4. The maximum absolute atomic E-state index is 14.9. The summed E-state index contributed by atoms with van der Waals surface area (Å²) in [6, 6.07) is 3.50. The number of aromatic nitrogens is 2. The van der Waals surface area contributed by atoms with E-state index in [0.29, 0.717) is 48.7 Å². The molecule has 0 saturated carbocycles. The minimum absolute atomic E-state index is 0.104. The smallest absolute Gasteiger partial charge is 0.378 e. The van der Waals surface area contributed by atoms with Crippen LogP contribution in [0.15, 0.2) is 30.6 Å². The first kappa shape index (κ1) is 28.0. The fourth-order valence-corrected chi connectivity index (χ4v) is 5.19. The van der Waals surface area contributed by atoms with Crippen LogP contribution in [0.2, 0.25) is 0 Å². The lowest BCUT2D eigenvalue weighted by atomic mass is 10.00. The number of urea groups is 1. The van der Waals surface area contributed by atoms with Gasteiger partial charge in [-0.1, -0.05) is 0 Å². The number of pyridine rings is 1. The summed E-state index contributed by atoms with van der Waals surface area (Å²) in [6.07, 6.45) is -7.48. The van der Waals surface area contributed by atoms with Gasteiger partial charge in [0.15, 0.2) is 11.3 Å². The molecule has 7 nitrogen and oxygen atoms in total. The van der Waals surface area contributed by atoms with Gasteiger partial charge in [0.25, 0.3) is 0 Å². The van der Waals surface area contributed by atoms with E-state index in [9.17, 15) is 35.5 Å². The molecule has 1 unspecified atom stereocenters. The highest BCUT2D eigenvalue weighted by atomic mass is 19.4. The van der Waals surface area contributed by atoms with E-state index in [1.807, 2.05) is 4.90 Å². The SMILES string of the molecule is Cc1cc(F)c(NC(=O)N2CCC(CC(F)(F)F)C2)cc1-c1cc(N2CCOCC2)c2nc(C(F)(F)F)cn2c1. The Morgan fingerprint density at radius 2 is 1.80 bits per heavy atom. The quantitative estimate of drug-likeness (QED) is 0.383. The molecule has 216 valence electrons. The lowest BCUT2D eigenvalue weighted by Crippen LogP contribution is -2.36. The molecule has 1 atom stereocenters. The maximum atomic E-state index is 14.9. The van der Waals surface area contributed by atoms with Gasteiger partial charge in [0.05, 0.1) is 24.6 Å². The van der Waals surface area contributed by atoms with E-state index in [1.54, 1.807) is 13.0 Å². The van der Waals surface area contributed by atoms with Gasteiger partial charge >= 0.3 is 18.4 Å². The number of nitrogens with zero attached hydrogens (tertiary/aromatic N) is 4. The number of halogens is 7. The molecular formula is C26H26F7N5O2. The summed E-state index contributed by atoms with van der Waals surface area (Å²) in [5.74, 6) is -1.48. The molecule has 0 spiro atoms. The monoisotopic (exact) mass is 573 g/mol. The molecule has 2 fully saturated rings. The van der Waals surface area contributed by atoms with E-state index in [2.05, 4.69) is 10.3 Å². The van der Waals surface area contributed by atoms with Crippen LogP contribution in [0.4, 0.5) is 46.9 Å². The van der Waals surface area contributed by atoms with Crippen molar-refractivity contribution in [2.24, 2.45) is 5.92 Å². The molecule has 1 aromatic carbocycles. The van der Waals surface area contributed by atoms with Crippen LogP contribution in [0.1, 0.15) is 24.1 Å². The average molecular weight is 574 g/mol. The van der Waals surface area contributed by atoms with Crippen molar-refractivity contribution < 1.29 is 40.3 Å². The molecule has 0 aliphatic carbocycles. The second-order valence-electron chi connectivity index (χ2n) is 10.1. The maximum Gasteiger partial charge on any atom is 0.434 e. The second kappa shape index (κ2) is 10.5. The van der Waals surface area contributed by atoms with Gasteiger partial charge in [0, 0.05) is 50.6 Å². The molecule has 2 aromatic heterocycles. The van der Waals surface area contributed by atoms with E-state index < -0.39 is 42.2 Å². The van der Waals surface area contributed by atoms with Crippen molar-refractivity contribution in [3.8, 4) is 11.1 Å². The number of ether oxygens (including phenoxy) is 1. The Balaban J connectivity index is 1.48. The van der Waals surface area contributed by atoms with Crippen LogP contribution in [0.3, 0.4) is 0 Å². The minimum atomic E-state index is -4.66. The van der Waals surface area contributed by atoms with Gasteiger partial charge in [0.2, 0.25) is 0 Å². The van der Waals surface area contributed by atoms with E-state index in [4.69, 9.17) is 4.74 Å². The number of imidazole rings is 1. The van der Waals surface area contributed by atoms with Crippen LogP contribution in [0, 0.1) is 18.7 Å². The van der Waals surface area contributed by atoms with E-state index in [-0.39, 0.29) is 30.8 Å². The van der Waals surface area contributed by atoms with E-state index >= 15 is 0 Å². The molecule has 2 amide bonds. The predicted octanol–water partition coefficient (Wildman–Crippen LogP) is 6.11. The third kappa shape index (κ3) is 5.96. The molecule has 0 radical (unpaired) electrons. The summed E-state index contributed by atoms with van der Waals surface area (Å²) in [4.78, 5) is 19.7. The first-order valence-electron chi connectivity index (χ1n) is 12.6. The zero-order valence-electron chi connectivity index (χ0n) is 21.4. The van der Waals surface area contributed by atoms with Gasteiger partial charge in [-0.25, -0.2) is 14.2 Å². The number of benzene rings is 1. The topological polar surface area (TPSA) is 62.1 Å². The molecule has 2 aliphatic heterocycles. The Kier molecular flexibility index (Phi) is 7.31. The molecule has 5 rings (SSSR count). The van der Waals surface area contributed by atoms with E-state index in [0.717, 1.165) is 6.20 Å². The standard InChI is InChI=1S/C26H26F7N5O2/c1-15-8-19(27)20(34-24(39)37-3-2-16(12-37)11-25(28,29)30)10-18(15)17-9-21(36-4-6-40-7-5-36)23-35-22(26(31,32)33)14-38(23)13-17/h8-10,13-14,16H,2-7,11-12H2,1H3,(H,34,39). The Labute approximate surface area is 224 Å². The molecule has 1 N–H and O–H groups in total. The number of amides is 2. The van der Waals surface area contributed by atoms with Gasteiger partial charge in [0.1, 0.15) is 5.82 Å². The largest absolute Gasteiger partial charge is 0.434 e. The summed E-state index contributed by atoms with van der Waals surface area (Å²) < 4.78 is 100. The Hall–Kier alpha value is -3.55. The number of likely N-dealkylation sites (tertiary alicyclic amines) is 1. The zero-order chi connectivity index (χ0) is 28.8. The number of morpholine rings is 1. The number of rotatable bonds is 4. The van der Waals surface area contributed by atoms with Crippen LogP contribution >= 0.6 is 0 Å². The molecular weight excluding hydrogens is 547 g/mol. The van der Waals surface area contributed by atoms with Crippen LogP contribution in [-0.2, 0) is 10.9 Å². The van der Waals surface area contributed by atoms with Crippen LogP contribution in [0.25, 0.3) is 16.8 Å². The lowest BCUT2D eigenvalue weighted by molar-refractivity contribution is -0.143. The molecule has 0 bridgehead atoms. The number of fused-ring (bicyclic) bond motifs is 1. The van der Waals surface area contributed by atoms with Crippen molar-refractivity contribution in [3.63, 3.8) is 0 Å². The Morgan fingerprint density at radius 3 is 2.48 bits per heavy atom. The number of alkyl halides is 6. The van der Waals surface area contributed by atoms with Gasteiger partial charge in [-0.15, -0.1) is 0 Å². The van der Waals surface area contributed by atoms with Gasteiger partial charge in [-0.2, -0.15) is 26.3 Å². The highest BCUT2D eigenvalue weighted by molar-refractivity contribution is 5.91. The molecule has 4 heterocycles. The molecule has 3 aromatic rings. The number of aryl methyl sites for hydroxylation is 1. The predicted molar refractivity (Wildman–Crippen MR) is 133 cm³/mol. The number of hydrogen-bond acceptors (Lipinski definition) is 4. The van der Waals surface area contributed by atoms with Gasteiger partial charge in [-0.3, -0.25) is 0 Å². The van der Waals surface area contributed by atoms with Crippen molar-refractivity contribution in [2.75, 3.05) is 49.6 Å². The number of nitrogens with one attached hydrogen (secondary N) is 1. The highest BCUT2D eigenvalue weighted by Crippen LogP contribution is 2.36. The first-order chi connectivity index (χ1) is 18.8. The third-order valence-electron chi connectivity index (χ3n) is 7.13. The van der Waals surface area contributed by atoms with E-state index in [1.165, 1.54) is 27.6 Å². The number of anilines is 2. The molecule has 2 saturated heterocycles. The third-order valence-corrected chi connectivity index (χ3v) is 7.13. The molecule has 14 heteroatoms. The van der Waals surface area contributed by atoms with Gasteiger partial charge in [-0.05, 0) is 48.6 Å². The summed E-state index contributed by atoms with van der Waals surface area (Å²) in [5.41, 5.74) is 0.667. The normalized spacial score (nSPS) is 18.6. The van der Waals surface area contributed by atoms with Crippen LogP contribution in [0.5, 0.6) is 0 Å². The van der Waals surface area contributed by atoms with Crippen molar-refractivity contribution >= 4 is 23.1 Å². The number of hydrogen-bond donors (Lipinski definition) is 1. The summed E-state index contributed by atoms with van der Waals surface area (Å²) in [5, 5.41) is 2.45. The van der Waals surface area contributed by atoms with Crippen molar-refractivity contribution in [1.82, 2.24) is 14.3 Å².